The van der Waals surface area contributed by atoms with Gasteiger partial charge in [0.15, 0.2) is 0 Å². The molecule has 1 aromatic carbocycles. The largest absolute Gasteiger partial charge is 0.497 e. The van der Waals surface area contributed by atoms with Gasteiger partial charge in [-0.3, -0.25) is 0 Å². The maximum absolute atomic E-state index is 6.38. The Labute approximate surface area is 120 Å². The molecule has 20 heavy (non-hydrogen) atoms. The van der Waals surface area contributed by atoms with Gasteiger partial charge in [-0.15, -0.1) is 0 Å². The van der Waals surface area contributed by atoms with E-state index in [1.807, 2.05) is 18.2 Å². The van der Waals surface area contributed by atoms with Crippen molar-refractivity contribution in [2.75, 3.05) is 14.2 Å². The van der Waals surface area contributed by atoms with Gasteiger partial charge in [-0.2, -0.15) is 0 Å². The van der Waals surface area contributed by atoms with Crippen molar-refractivity contribution in [3.05, 3.63) is 23.8 Å². The first-order valence-corrected chi connectivity index (χ1v) is 7.31. The molecule has 0 saturated heterocycles. The Morgan fingerprint density at radius 2 is 2.00 bits per heavy atom. The Hall–Kier alpha value is -1.26. The molecule has 0 radical (unpaired) electrons. The van der Waals surface area contributed by atoms with Gasteiger partial charge in [0.05, 0.1) is 13.2 Å². The summed E-state index contributed by atoms with van der Waals surface area (Å²) in [7, 11) is 3.46. The Morgan fingerprint density at radius 1 is 1.25 bits per heavy atom. The van der Waals surface area contributed by atoms with Gasteiger partial charge in [-0.1, -0.05) is 0 Å². The molecule has 1 atom stereocenters. The Kier molecular flexibility index (Phi) is 3.61. The van der Waals surface area contributed by atoms with Crippen LogP contribution in [0, 0.1) is 0 Å². The summed E-state index contributed by atoms with van der Waals surface area (Å²) in [5, 5.41) is 0. The molecule has 1 heterocycles. The van der Waals surface area contributed by atoms with Crippen LogP contribution in [0.4, 0.5) is 0 Å². The van der Waals surface area contributed by atoms with Gasteiger partial charge in [0.1, 0.15) is 17.1 Å². The van der Waals surface area contributed by atoms with E-state index in [1.54, 1.807) is 14.2 Å². The highest BCUT2D eigenvalue weighted by atomic mass is 16.5. The zero-order valence-electron chi connectivity index (χ0n) is 12.2. The summed E-state index contributed by atoms with van der Waals surface area (Å²) in [4.78, 5) is 0. The summed E-state index contributed by atoms with van der Waals surface area (Å²) in [6.07, 6.45) is 5.39. The lowest BCUT2D eigenvalue weighted by Crippen LogP contribution is -2.46. The van der Waals surface area contributed by atoms with Gasteiger partial charge in [0, 0.05) is 25.1 Å². The number of methoxy groups -OCH3 is 2. The number of nitrogens with two attached hydrogens (primary N) is 1. The second kappa shape index (κ2) is 5.26. The highest BCUT2D eigenvalue weighted by Crippen LogP contribution is 2.46. The van der Waals surface area contributed by atoms with Crippen LogP contribution in [0.5, 0.6) is 11.5 Å². The van der Waals surface area contributed by atoms with Crippen molar-refractivity contribution >= 4 is 0 Å². The normalized spacial score (nSPS) is 32.5. The Balaban J connectivity index is 1.82. The third kappa shape index (κ3) is 2.38. The molecule has 4 nitrogen and oxygen atoms in total. The molecule has 2 N–H and O–H groups in total. The number of ether oxygens (including phenoxy) is 3. The number of hydrogen-bond donors (Lipinski definition) is 1. The highest BCUT2D eigenvalue weighted by molar-refractivity contribution is 5.44. The van der Waals surface area contributed by atoms with Gasteiger partial charge in [-0.25, -0.2) is 0 Å². The maximum atomic E-state index is 6.38. The van der Waals surface area contributed by atoms with Crippen LogP contribution in [0.1, 0.15) is 43.7 Å². The van der Waals surface area contributed by atoms with E-state index in [9.17, 15) is 0 Å². The zero-order chi connectivity index (χ0) is 14.2. The summed E-state index contributed by atoms with van der Waals surface area (Å²) in [6, 6.07) is 5.93. The number of rotatable bonds is 2. The summed E-state index contributed by atoms with van der Waals surface area (Å²) >= 11 is 0. The van der Waals surface area contributed by atoms with Crippen molar-refractivity contribution in [2.45, 2.75) is 49.9 Å². The van der Waals surface area contributed by atoms with Crippen LogP contribution in [0.15, 0.2) is 18.2 Å². The first-order valence-electron chi connectivity index (χ1n) is 7.31. The molecule has 3 rings (SSSR count). The fourth-order valence-electron chi connectivity index (χ4n) is 3.48. The smallest absolute Gasteiger partial charge is 0.125 e. The molecule has 1 spiro atoms. The zero-order valence-corrected chi connectivity index (χ0v) is 12.2. The molecule has 4 heteroatoms. The molecular weight excluding hydrogens is 254 g/mol. The van der Waals surface area contributed by atoms with Crippen molar-refractivity contribution < 1.29 is 14.2 Å². The molecule has 1 saturated carbocycles. The van der Waals surface area contributed by atoms with Crippen LogP contribution < -0.4 is 15.2 Å². The Bertz CT molecular complexity index is 481. The van der Waals surface area contributed by atoms with Gasteiger partial charge in [0.2, 0.25) is 0 Å². The maximum Gasteiger partial charge on any atom is 0.125 e. The van der Waals surface area contributed by atoms with Crippen LogP contribution in [0.3, 0.4) is 0 Å². The first kappa shape index (κ1) is 13.7. The minimum absolute atomic E-state index is 0.0212. The van der Waals surface area contributed by atoms with E-state index in [0.717, 1.165) is 49.2 Å². The molecule has 1 aliphatic carbocycles. The van der Waals surface area contributed by atoms with E-state index >= 15 is 0 Å². The van der Waals surface area contributed by atoms with Crippen molar-refractivity contribution in [3.63, 3.8) is 0 Å². The highest BCUT2D eigenvalue weighted by Gasteiger charge is 2.42. The monoisotopic (exact) mass is 277 g/mol. The van der Waals surface area contributed by atoms with Crippen LogP contribution in [-0.4, -0.2) is 25.9 Å². The van der Waals surface area contributed by atoms with E-state index in [1.165, 1.54) is 0 Å². The van der Waals surface area contributed by atoms with Crippen molar-refractivity contribution in [1.29, 1.82) is 0 Å². The molecule has 1 fully saturated rings. The molecule has 1 aromatic rings. The summed E-state index contributed by atoms with van der Waals surface area (Å²) < 4.78 is 17.0. The molecule has 2 aliphatic rings. The average Bonchev–Trinajstić information content (AvgIpc) is 2.48. The Morgan fingerprint density at radius 3 is 2.65 bits per heavy atom. The quantitative estimate of drug-likeness (QED) is 0.903. The van der Waals surface area contributed by atoms with E-state index in [0.29, 0.717) is 6.10 Å². The summed E-state index contributed by atoms with van der Waals surface area (Å²) in [6.45, 7) is 0. The number of fused-ring (bicyclic) bond motifs is 1. The van der Waals surface area contributed by atoms with Crippen LogP contribution in [0.25, 0.3) is 0 Å². The second-order valence-electron chi connectivity index (χ2n) is 5.93. The third-order valence-corrected chi connectivity index (χ3v) is 4.71. The van der Waals surface area contributed by atoms with E-state index in [4.69, 9.17) is 19.9 Å². The van der Waals surface area contributed by atoms with Crippen molar-refractivity contribution in [2.24, 2.45) is 5.73 Å². The predicted octanol–water partition coefficient (Wildman–Crippen LogP) is 2.81. The summed E-state index contributed by atoms with van der Waals surface area (Å²) in [5.74, 6) is 1.75. The van der Waals surface area contributed by atoms with Crippen LogP contribution >= 0.6 is 0 Å². The van der Waals surface area contributed by atoms with Crippen molar-refractivity contribution in [3.8, 4) is 11.5 Å². The lowest BCUT2D eigenvalue weighted by molar-refractivity contribution is -0.0428. The van der Waals surface area contributed by atoms with Crippen LogP contribution in [0.2, 0.25) is 0 Å². The minimum atomic E-state index is -0.101. The molecule has 0 unspecified atom stereocenters. The van der Waals surface area contributed by atoms with Crippen molar-refractivity contribution in [1.82, 2.24) is 0 Å². The predicted molar refractivity (Wildman–Crippen MR) is 77.2 cm³/mol. The van der Waals surface area contributed by atoms with Gasteiger partial charge in [0.25, 0.3) is 0 Å². The molecule has 0 bridgehead atoms. The topological polar surface area (TPSA) is 53.7 Å². The fraction of sp³-hybridized carbons (Fsp3) is 0.625. The second-order valence-corrected chi connectivity index (χ2v) is 5.93. The minimum Gasteiger partial charge on any atom is -0.497 e. The third-order valence-electron chi connectivity index (χ3n) is 4.71. The molecule has 0 amide bonds. The molecule has 1 aliphatic heterocycles. The summed E-state index contributed by atoms with van der Waals surface area (Å²) in [5.41, 5.74) is 7.33. The van der Waals surface area contributed by atoms with Crippen LogP contribution in [-0.2, 0) is 4.74 Å². The van der Waals surface area contributed by atoms with E-state index in [-0.39, 0.29) is 11.6 Å². The average molecular weight is 277 g/mol. The number of hydrogen-bond acceptors (Lipinski definition) is 4. The fourth-order valence-corrected chi connectivity index (χ4v) is 3.48. The van der Waals surface area contributed by atoms with E-state index < -0.39 is 0 Å². The standard InChI is InChI=1S/C16H23NO3/c1-18-11-5-7-16(8-6-11)10-14(17)13-9-12(19-2)3-4-15(13)20-16/h3-4,9,11,14H,5-8,10,17H2,1-2H3/t11?,14-,16?/m0/s1. The van der Waals surface area contributed by atoms with Gasteiger partial charge in [-0.05, 0) is 43.9 Å². The lowest BCUT2D eigenvalue weighted by Gasteiger charge is -2.45. The van der Waals surface area contributed by atoms with Gasteiger partial charge < -0.3 is 19.9 Å². The molecular formula is C16H23NO3. The first-order chi connectivity index (χ1) is 9.65. The number of benzene rings is 1. The van der Waals surface area contributed by atoms with E-state index in [2.05, 4.69) is 0 Å². The molecule has 0 aromatic heterocycles. The molecule has 110 valence electrons. The SMILES string of the molecule is COc1ccc2c(c1)[C@@H](N)CC1(CCC(OC)CC1)O2. The lowest BCUT2D eigenvalue weighted by atomic mass is 9.76. The van der Waals surface area contributed by atoms with Gasteiger partial charge >= 0.3 is 0 Å².